The van der Waals surface area contributed by atoms with Gasteiger partial charge in [0.25, 0.3) is 0 Å². The van der Waals surface area contributed by atoms with Crippen LogP contribution in [0.25, 0.3) is 0 Å². The average molecular weight is 235 g/mol. The Kier molecular flexibility index (Phi) is 4.31. The summed E-state index contributed by atoms with van der Waals surface area (Å²) < 4.78 is 1.86. The van der Waals surface area contributed by atoms with Crippen molar-refractivity contribution in [3.63, 3.8) is 0 Å². The van der Waals surface area contributed by atoms with E-state index in [1.807, 2.05) is 17.8 Å². The van der Waals surface area contributed by atoms with Crippen molar-refractivity contribution in [2.75, 3.05) is 13.1 Å². The molecule has 17 heavy (non-hydrogen) atoms. The first kappa shape index (κ1) is 12.3. The molecule has 1 aliphatic rings. The third-order valence-corrected chi connectivity index (χ3v) is 3.41. The van der Waals surface area contributed by atoms with Gasteiger partial charge in [0.1, 0.15) is 5.78 Å². The Morgan fingerprint density at radius 3 is 3.18 bits per heavy atom. The molecule has 2 rings (SSSR count). The molecule has 1 N–H and O–H groups in total. The lowest BCUT2D eigenvalue weighted by Gasteiger charge is -2.06. The molecule has 1 fully saturated rings. The molecule has 94 valence electrons. The Balaban J connectivity index is 1.72. The van der Waals surface area contributed by atoms with E-state index in [0.29, 0.717) is 24.5 Å². The van der Waals surface area contributed by atoms with E-state index >= 15 is 0 Å². The number of Topliss-reactive ketones (excluding diaryl/α,β-unsaturated/α-hetero) is 1. The van der Waals surface area contributed by atoms with Crippen LogP contribution in [0, 0.1) is 5.92 Å². The van der Waals surface area contributed by atoms with Crippen molar-refractivity contribution >= 4 is 5.78 Å². The molecular weight excluding hydrogens is 214 g/mol. The SMILES string of the molecule is CCn1cc(CC(=O)CCC2CCNC2)cn1. The Bertz CT molecular complexity index is 366. The summed E-state index contributed by atoms with van der Waals surface area (Å²) in [6.07, 6.45) is 7.28. The van der Waals surface area contributed by atoms with Gasteiger partial charge in [-0.1, -0.05) is 0 Å². The lowest BCUT2D eigenvalue weighted by molar-refractivity contribution is -0.118. The Morgan fingerprint density at radius 2 is 2.53 bits per heavy atom. The number of carbonyl (C=O) groups is 1. The first-order valence-corrected chi connectivity index (χ1v) is 6.51. The number of hydrogen-bond acceptors (Lipinski definition) is 3. The van der Waals surface area contributed by atoms with Gasteiger partial charge in [0.15, 0.2) is 0 Å². The first-order chi connectivity index (χ1) is 8.28. The summed E-state index contributed by atoms with van der Waals surface area (Å²) in [5, 5.41) is 7.51. The van der Waals surface area contributed by atoms with Gasteiger partial charge in [-0.05, 0) is 44.3 Å². The fourth-order valence-corrected chi connectivity index (χ4v) is 2.31. The summed E-state index contributed by atoms with van der Waals surface area (Å²) in [6.45, 7) is 5.11. The van der Waals surface area contributed by atoms with E-state index in [4.69, 9.17) is 0 Å². The van der Waals surface area contributed by atoms with Crippen molar-refractivity contribution < 1.29 is 4.79 Å². The molecule has 1 atom stereocenters. The maximum Gasteiger partial charge on any atom is 0.137 e. The maximum absolute atomic E-state index is 11.8. The van der Waals surface area contributed by atoms with Gasteiger partial charge in [-0.15, -0.1) is 0 Å². The second kappa shape index (κ2) is 5.96. The molecule has 2 heterocycles. The smallest absolute Gasteiger partial charge is 0.137 e. The van der Waals surface area contributed by atoms with Crippen molar-refractivity contribution in [2.24, 2.45) is 5.92 Å². The van der Waals surface area contributed by atoms with Crippen LogP contribution in [-0.4, -0.2) is 28.7 Å². The molecule has 0 saturated carbocycles. The molecule has 0 spiro atoms. The zero-order chi connectivity index (χ0) is 12.1. The summed E-state index contributed by atoms with van der Waals surface area (Å²) in [5.41, 5.74) is 1.04. The van der Waals surface area contributed by atoms with Crippen LogP contribution in [0.15, 0.2) is 12.4 Å². The number of aromatic nitrogens is 2. The van der Waals surface area contributed by atoms with Crippen LogP contribution in [0.5, 0.6) is 0 Å². The summed E-state index contributed by atoms with van der Waals surface area (Å²) >= 11 is 0. The molecular formula is C13H21N3O. The molecule has 4 nitrogen and oxygen atoms in total. The molecule has 1 aromatic rings. The van der Waals surface area contributed by atoms with E-state index in [2.05, 4.69) is 10.4 Å². The standard InChI is InChI=1S/C13H21N3O/c1-2-16-10-12(9-15-16)7-13(17)4-3-11-5-6-14-8-11/h9-11,14H,2-8H2,1H3. The zero-order valence-electron chi connectivity index (χ0n) is 10.5. The number of nitrogens with zero attached hydrogens (tertiary/aromatic N) is 2. The van der Waals surface area contributed by atoms with Crippen LogP contribution in [-0.2, 0) is 17.8 Å². The number of hydrogen-bond donors (Lipinski definition) is 1. The number of ketones is 1. The van der Waals surface area contributed by atoms with E-state index in [-0.39, 0.29) is 0 Å². The molecule has 0 amide bonds. The van der Waals surface area contributed by atoms with E-state index in [9.17, 15) is 4.79 Å². The van der Waals surface area contributed by atoms with E-state index in [1.54, 1.807) is 6.20 Å². The lowest BCUT2D eigenvalue weighted by atomic mass is 9.99. The minimum absolute atomic E-state index is 0.340. The van der Waals surface area contributed by atoms with Crippen LogP contribution in [0.1, 0.15) is 31.7 Å². The quantitative estimate of drug-likeness (QED) is 0.811. The molecule has 0 aromatic carbocycles. The highest BCUT2D eigenvalue weighted by Crippen LogP contribution is 2.15. The van der Waals surface area contributed by atoms with E-state index < -0.39 is 0 Å². The molecule has 1 aromatic heterocycles. The fraction of sp³-hybridized carbons (Fsp3) is 0.692. The summed E-state index contributed by atoms with van der Waals surface area (Å²) in [6, 6.07) is 0. The third kappa shape index (κ3) is 3.66. The van der Waals surface area contributed by atoms with Gasteiger partial charge in [-0.25, -0.2) is 0 Å². The minimum atomic E-state index is 0.340. The predicted molar refractivity (Wildman–Crippen MR) is 66.8 cm³/mol. The summed E-state index contributed by atoms with van der Waals surface area (Å²) in [5.74, 6) is 1.05. The molecule has 4 heteroatoms. The normalized spacial score (nSPS) is 19.7. The second-order valence-electron chi connectivity index (χ2n) is 4.82. The van der Waals surface area contributed by atoms with Crippen molar-refractivity contribution in [3.8, 4) is 0 Å². The Hall–Kier alpha value is -1.16. The van der Waals surface area contributed by atoms with Gasteiger partial charge < -0.3 is 5.32 Å². The third-order valence-electron chi connectivity index (χ3n) is 3.41. The second-order valence-corrected chi connectivity index (χ2v) is 4.82. The van der Waals surface area contributed by atoms with Crippen molar-refractivity contribution in [2.45, 2.75) is 39.2 Å². The molecule has 0 bridgehead atoms. The van der Waals surface area contributed by atoms with Crippen LogP contribution >= 0.6 is 0 Å². The number of aryl methyl sites for hydroxylation is 1. The summed E-state index contributed by atoms with van der Waals surface area (Å²) in [7, 11) is 0. The molecule has 1 unspecified atom stereocenters. The van der Waals surface area contributed by atoms with Gasteiger partial charge >= 0.3 is 0 Å². The molecule has 1 aliphatic heterocycles. The van der Waals surface area contributed by atoms with Gasteiger partial charge in [-0.3, -0.25) is 9.48 Å². The highest BCUT2D eigenvalue weighted by Gasteiger charge is 2.15. The monoisotopic (exact) mass is 235 g/mol. The fourth-order valence-electron chi connectivity index (χ4n) is 2.31. The van der Waals surface area contributed by atoms with Gasteiger partial charge in [0.2, 0.25) is 0 Å². The Labute approximate surface area is 102 Å². The van der Waals surface area contributed by atoms with E-state index in [0.717, 1.165) is 31.6 Å². The van der Waals surface area contributed by atoms with Crippen LogP contribution in [0.3, 0.4) is 0 Å². The molecule has 0 radical (unpaired) electrons. The van der Waals surface area contributed by atoms with Crippen molar-refractivity contribution in [3.05, 3.63) is 18.0 Å². The topological polar surface area (TPSA) is 46.9 Å². The van der Waals surface area contributed by atoms with Crippen LogP contribution in [0.4, 0.5) is 0 Å². The number of nitrogens with one attached hydrogen (secondary N) is 1. The highest BCUT2D eigenvalue weighted by atomic mass is 16.1. The van der Waals surface area contributed by atoms with Gasteiger partial charge in [0.05, 0.1) is 6.20 Å². The first-order valence-electron chi connectivity index (χ1n) is 6.51. The average Bonchev–Trinajstić information content (AvgIpc) is 2.97. The van der Waals surface area contributed by atoms with E-state index in [1.165, 1.54) is 6.42 Å². The highest BCUT2D eigenvalue weighted by molar-refractivity contribution is 5.80. The summed E-state index contributed by atoms with van der Waals surface area (Å²) in [4.78, 5) is 11.8. The number of carbonyl (C=O) groups excluding carboxylic acids is 1. The van der Waals surface area contributed by atoms with Crippen molar-refractivity contribution in [1.29, 1.82) is 0 Å². The predicted octanol–water partition coefficient (Wildman–Crippen LogP) is 1.40. The van der Waals surface area contributed by atoms with Crippen LogP contribution in [0.2, 0.25) is 0 Å². The van der Waals surface area contributed by atoms with Gasteiger partial charge in [-0.2, -0.15) is 5.10 Å². The lowest BCUT2D eigenvalue weighted by Crippen LogP contribution is -2.11. The van der Waals surface area contributed by atoms with Gasteiger partial charge in [0, 0.05) is 25.6 Å². The Morgan fingerprint density at radius 1 is 1.65 bits per heavy atom. The molecule has 1 saturated heterocycles. The van der Waals surface area contributed by atoms with Crippen LogP contribution < -0.4 is 5.32 Å². The van der Waals surface area contributed by atoms with Crippen molar-refractivity contribution in [1.82, 2.24) is 15.1 Å². The maximum atomic E-state index is 11.8. The zero-order valence-corrected chi connectivity index (χ0v) is 10.5. The minimum Gasteiger partial charge on any atom is -0.316 e. The molecule has 0 aliphatic carbocycles. The largest absolute Gasteiger partial charge is 0.316 e. The number of rotatable bonds is 6.